The highest BCUT2D eigenvalue weighted by molar-refractivity contribution is 5.98. The molecule has 2 aromatic heterocycles. The van der Waals surface area contributed by atoms with Crippen molar-refractivity contribution in [1.29, 1.82) is 0 Å². The molecule has 0 aliphatic carbocycles. The standard InChI is InChI=1S/C22H17F4N3O/c1-12(14-8-15(22(24,25)26)11-16(23)9-14)13-2-5-27-19(10-13)20-17-3-7-29-21(30)18(17)4-6-28-20/h2,4-6,8-12H,3,7H2,1H3,(H,29,30)/t12-/m0/s1. The van der Waals surface area contributed by atoms with Crippen molar-refractivity contribution < 1.29 is 22.4 Å². The number of nitrogens with zero attached hydrogens (tertiary/aromatic N) is 2. The number of pyridine rings is 2. The SMILES string of the molecule is C[C@H](c1cc(F)cc(C(F)(F)F)c1)c1ccnc(-c2nccc3c2CCNC3=O)c1. The number of carbonyl (C=O) groups is 1. The second kappa shape index (κ2) is 7.51. The molecule has 0 bridgehead atoms. The fourth-order valence-electron chi connectivity index (χ4n) is 3.64. The number of carbonyl (C=O) groups excluding carboxylic acids is 1. The number of alkyl halides is 3. The van der Waals surface area contributed by atoms with Gasteiger partial charge in [-0.25, -0.2) is 4.39 Å². The van der Waals surface area contributed by atoms with Crippen LogP contribution < -0.4 is 5.32 Å². The number of hydrogen-bond acceptors (Lipinski definition) is 3. The van der Waals surface area contributed by atoms with Crippen molar-refractivity contribution >= 4 is 5.91 Å². The Bertz CT molecular complexity index is 1130. The maximum Gasteiger partial charge on any atom is 0.416 e. The first-order valence-corrected chi connectivity index (χ1v) is 9.34. The Morgan fingerprint density at radius 1 is 1.03 bits per heavy atom. The molecule has 4 nitrogen and oxygen atoms in total. The molecule has 8 heteroatoms. The van der Waals surface area contributed by atoms with Crippen LogP contribution in [0.5, 0.6) is 0 Å². The van der Waals surface area contributed by atoms with Gasteiger partial charge in [-0.2, -0.15) is 13.2 Å². The van der Waals surface area contributed by atoms with Crippen molar-refractivity contribution in [1.82, 2.24) is 15.3 Å². The average Bonchev–Trinajstić information content (AvgIpc) is 2.72. The van der Waals surface area contributed by atoms with Gasteiger partial charge in [0, 0.05) is 30.4 Å². The van der Waals surface area contributed by atoms with Gasteiger partial charge < -0.3 is 5.32 Å². The molecule has 1 amide bonds. The van der Waals surface area contributed by atoms with Crippen molar-refractivity contribution in [3.8, 4) is 11.4 Å². The first-order valence-electron chi connectivity index (χ1n) is 9.34. The van der Waals surface area contributed by atoms with Gasteiger partial charge in [0.25, 0.3) is 5.91 Å². The van der Waals surface area contributed by atoms with Crippen LogP contribution in [0.15, 0.2) is 48.8 Å². The Hall–Kier alpha value is -3.29. The Labute approximate surface area is 170 Å². The van der Waals surface area contributed by atoms with Gasteiger partial charge in [-0.1, -0.05) is 6.92 Å². The van der Waals surface area contributed by atoms with E-state index in [-0.39, 0.29) is 11.5 Å². The maximum absolute atomic E-state index is 13.8. The van der Waals surface area contributed by atoms with Crippen molar-refractivity contribution in [2.24, 2.45) is 0 Å². The Kier molecular flexibility index (Phi) is 5.01. The number of amides is 1. The molecule has 0 spiro atoms. The van der Waals surface area contributed by atoms with Gasteiger partial charge in [0.2, 0.25) is 0 Å². The second-order valence-electron chi connectivity index (χ2n) is 7.16. The van der Waals surface area contributed by atoms with E-state index in [0.717, 1.165) is 17.7 Å². The monoisotopic (exact) mass is 415 g/mol. The maximum atomic E-state index is 13.8. The van der Waals surface area contributed by atoms with Crippen LogP contribution in [0.4, 0.5) is 17.6 Å². The molecule has 0 radical (unpaired) electrons. The lowest BCUT2D eigenvalue weighted by Gasteiger charge is -2.19. The number of halogens is 4. The molecule has 4 rings (SSSR count). The lowest BCUT2D eigenvalue weighted by atomic mass is 9.91. The number of fused-ring (bicyclic) bond motifs is 1. The molecule has 3 heterocycles. The number of rotatable bonds is 3. The van der Waals surface area contributed by atoms with E-state index in [1.54, 1.807) is 25.1 Å². The third-order valence-corrected chi connectivity index (χ3v) is 5.24. The Balaban J connectivity index is 1.74. The average molecular weight is 415 g/mol. The highest BCUT2D eigenvalue weighted by Gasteiger charge is 2.32. The zero-order valence-electron chi connectivity index (χ0n) is 15.9. The summed E-state index contributed by atoms with van der Waals surface area (Å²) >= 11 is 0. The molecule has 1 atom stereocenters. The summed E-state index contributed by atoms with van der Waals surface area (Å²) in [5.41, 5.74) is 2.24. The fraction of sp³-hybridized carbons (Fsp3) is 0.227. The van der Waals surface area contributed by atoms with E-state index < -0.39 is 23.5 Å². The van der Waals surface area contributed by atoms with E-state index in [1.807, 2.05) is 0 Å². The van der Waals surface area contributed by atoms with Crippen molar-refractivity contribution in [3.05, 3.63) is 82.4 Å². The summed E-state index contributed by atoms with van der Waals surface area (Å²) in [4.78, 5) is 20.8. The van der Waals surface area contributed by atoms with Gasteiger partial charge in [0.15, 0.2) is 0 Å². The minimum absolute atomic E-state index is 0.177. The predicted molar refractivity (Wildman–Crippen MR) is 102 cm³/mol. The van der Waals surface area contributed by atoms with Gasteiger partial charge in [-0.15, -0.1) is 0 Å². The van der Waals surface area contributed by atoms with Gasteiger partial charge in [0.05, 0.1) is 17.0 Å². The normalized spacial score (nSPS) is 14.8. The zero-order chi connectivity index (χ0) is 21.5. The van der Waals surface area contributed by atoms with Crippen LogP contribution in [0.2, 0.25) is 0 Å². The Morgan fingerprint density at radius 3 is 2.57 bits per heavy atom. The van der Waals surface area contributed by atoms with Gasteiger partial charge in [-0.05, 0) is 59.5 Å². The summed E-state index contributed by atoms with van der Waals surface area (Å²) in [6.07, 6.45) is -0.966. The number of nitrogens with one attached hydrogen (secondary N) is 1. The minimum atomic E-state index is -4.63. The van der Waals surface area contributed by atoms with E-state index in [1.165, 1.54) is 12.4 Å². The first-order chi connectivity index (χ1) is 14.2. The molecular weight excluding hydrogens is 398 g/mol. The second-order valence-corrected chi connectivity index (χ2v) is 7.16. The highest BCUT2D eigenvalue weighted by atomic mass is 19.4. The lowest BCUT2D eigenvalue weighted by molar-refractivity contribution is -0.137. The molecule has 1 aromatic carbocycles. The molecule has 30 heavy (non-hydrogen) atoms. The smallest absolute Gasteiger partial charge is 0.352 e. The third-order valence-electron chi connectivity index (χ3n) is 5.24. The van der Waals surface area contributed by atoms with Gasteiger partial charge in [-0.3, -0.25) is 14.8 Å². The van der Waals surface area contributed by atoms with Crippen molar-refractivity contribution in [2.45, 2.75) is 25.4 Å². The molecule has 0 saturated heterocycles. The summed E-state index contributed by atoms with van der Waals surface area (Å²) in [7, 11) is 0. The first kappa shape index (κ1) is 20.0. The van der Waals surface area contributed by atoms with E-state index in [9.17, 15) is 22.4 Å². The molecular formula is C22H17F4N3O. The van der Waals surface area contributed by atoms with E-state index in [0.29, 0.717) is 41.5 Å². The van der Waals surface area contributed by atoms with Crippen LogP contribution in [0.25, 0.3) is 11.4 Å². The fourth-order valence-corrected chi connectivity index (χ4v) is 3.64. The third kappa shape index (κ3) is 3.77. The van der Waals surface area contributed by atoms with E-state index in [2.05, 4.69) is 15.3 Å². The quantitative estimate of drug-likeness (QED) is 0.629. The van der Waals surface area contributed by atoms with Crippen LogP contribution in [0, 0.1) is 5.82 Å². The molecule has 0 saturated carbocycles. The van der Waals surface area contributed by atoms with Crippen molar-refractivity contribution in [3.63, 3.8) is 0 Å². The molecule has 0 unspecified atom stereocenters. The van der Waals surface area contributed by atoms with Gasteiger partial charge in [0.1, 0.15) is 5.82 Å². The Morgan fingerprint density at radius 2 is 1.80 bits per heavy atom. The van der Waals surface area contributed by atoms with Crippen LogP contribution in [0.1, 0.15) is 45.5 Å². The molecule has 3 aromatic rings. The molecule has 154 valence electrons. The summed E-state index contributed by atoms with van der Waals surface area (Å²) in [6.45, 7) is 2.19. The van der Waals surface area contributed by atoms with Crippen LogP contribution in [-0.4, -0.2) is 22.4 Å². The minimum Gasteiger partial charge on any atom is -0.352 e. The summed E-state index contributed by atoms with van der Waals surface area (Å²) in [5.74, 6) is -1.62. The summed E-state index contributed by atoms with van der Waals surface area (Å²) in [5, 5.41) is 2.78. The zero-order valence-corrected chi connectivity index (χ0v) is 15.9. The van der Waals surface area contributed by atoms with Crippen molar-refractivity contribution in [2.75, 3.05) is 6.54 Å². The lowest BCUT2D eigenvalue weighted by Crippen LogP contribution is -2.32. The summed E-state index contributed by atoms with van der Waals surface area (Å²) < 4.78 is 53.1. The molecule has 1 aliphatic rings. The topological polar surface area (TPSA) is 54.9 Å². The molecule has 0 fully saturated rings. The number of aromatic nitrogens is 2. The predicted octanol–water partition coefficient (Wildman–Crippen LogP) is 4.74. The van der Waals surface area contributed by atoms with Crippen LogP contribution in [-0.2, 0) is 12.6 Å². The number of hydrogen-bond donors (Lipinski definition) is 1. The molecule has 1 N–H and O–H groups in total. The largest absolute Gasteiger partial charge is 0.416 e. The number of benzene rings is 1. The molecule has 1 aliphatic heterocycles. The van der Waals surface area contributed by atoms with Crippen LogP contribution >= 0.6 is 0 Å². The summed E-state index contributed by atoms with van der Waals surface area (Å²) in [6, 6.07) is 7.59. The van der Waals surface area contributed by atoms with Crippen LogP contribution in [0.3, 0.4) is 0 Å². The van der Waals surface area contributed by atoms with E-state index >= 15 is 0 Å². The van der Waals surface area contributed by atoms with Gasteiger partial charge >= 0.3 is 6.18 Å². The highest BCUT2D eigenvalue weighted by Crippen LogP contribution is 2.34. The van der Waals surface area contributed by atoms with E-state index in [4.69, 9.17) is 0 Å².